The van der Waals surface area contributed by atoms with Crippen LogP contribution < -0.4 is 10.5 Å². The predicted octanol–water partition coefficient (Wildman–Crippen LogP) is 3.55. The molecule has 1 aromatic carbocycles. The molecule has 198 valence electrons. The number of thioether (sulfide) groups is 1. The first-order valence-corrected chi connectivity index (χ1v) is 13.5. The van der Waals surface area contributed by atoms with E-state index in [0.29, 0.717) is 65.5 Å². The van der Waals surface area contributed by atoms with Crippen LogP contribution in [0.25, 0.3) is 6.08 Å². The summed E-state index contributed by atoms with van der Waals surface area (Å²) in [4.78, 5) is 44.3. The third kappa shape index (κ3) is 5.33. The van der Waals surface area contributed by atoms with Crippen LogP contribution in [0, 0.1) is 25.2 Å². The molecule has 0 spiro atoms. The highest BCUT2D eigenvalue weighted by Gasteiger charge is 2.34. The summed E-state index contributed by atoms with van der Waals surface area (Å²) in [6.45, 7) is 7.92. The zero-order chi connectivity index (χ0) is 27.6. The fourth-order valence-corrected chi connectivity index (χ4v) is 5.79. The Morgan fingerprint density at radius 1 is 1.16 bits per heavy atom. The third-order valence-electron chi connectivity index (χ3n) is 6.68. The first kappa shape index (κ1) is 27.4. The highest BCUT2D eigenvalue weighted by atomic mass is 32.2. The number of amides is 2. The van der Waals surface area contributed by atoms with Crippen LogP contribution in [0.2, 0.25) is 0 Å². The number of rotatable bonds is 5. The molecule has 2 aromatic rings. The van der Waals surface area contributed by atoms with E-state index in [4.69, 9.17) is 17.0 Å². The summed E-state index contributed by atoms with van der Waals surface area (Å²) in [5.74, 6) is 0.379. The molecule has 1 aromatic heterocycles. The summed E-state index contributed by atoms with van der Waals surface area (Å²) in [5, 5.41) is 9.72. The number of nitrogens with zero attached hydrogens (tertiary/aromatic N) is 5. The van der Waals surface area contributed by atoms with Crippen molar-refractivity contribution in [3.05, 3.63) is 67.3 Å². The maximum atomic E-state index is 13.4. The van der Waals surface area contributed by atoms with Gasteiger partial charge in [-0.15, -0.1) is 0 Å². The monoisotopic (exact) mass is 551 g/mol. The lowest BCUT2D eigenvalue weighted by Crippen LogP contribution is -2.50. The number of ether oxygens (including phenoxy) is 1. The van der Waals surface area contributed by atoms with E-state index in [2.05, 4.69) is 0 Å². The number of hydrogen-bond acceptors (Lipinski definition) is 8. The van der Waals surface area contributed by atoms with Crippen molar-refractivity contribution in [3.63, 3.8) is 0 Å². The SMILES string of the molecule is CCOC(=O)N1CCN(c2c(/C=C3\SC(=S)N(Cc4ccc(C)cc4)C3=O)c(C)c(C#N)c(=O)n2C)CC1. The molecule has 0 radical (unpaired) electrons. The highest BCUT2D eigenvalue weighted by molar-refractivity contribution is 8.26. The van der Waals surface area contributed by atoms with Crippen molar-refractivity contribution in [2.45, 2.75) is 27.3 Å². The van der Waals surface area contributed by atoms with E-state index in [9.17, 15) is 19.6 Å². The Kier molecular flexibility index (Phi) is 8.23. The highest BCUT2D eigenvalue weighted by Crippen LogP contribution is 2.36. The Labute approximate surface area is 231 Å². The molecule has 0 saturated carbocycles. The third-order valence-corrected chi connectivity index (χ3v) is 8.06. The summed E-state index contributed by atoms with van der Waals surface area (Å²) < 4.78 is 7.02. The fraction of sp³-hybridized carbons (Fsp3) is 0.370. The van der Waals surface area contributed by atoms with E-state index in [-0.39, 0.29) is 17.6 Å². The van der Waals surface area contributed by atoms with Crippen molar-refractivity contribution in [3.8, 4) is 6.07 Å². The number of carbonyl (C=O) groups excluding carboxylic acids is 2. The molecule has 0 atom stereocenters. The number of pyridine rings is 1. The number of aryl methyl sites for hydroxylation is 1. The van der Waals surface area contributed by atoms with Gasteiger partial charge in [0.15, 0.2) is 0 Å². The van der Waals surface area contributed by atoms with Gasteiger partial charge in [-0.1, -0.05) is 53.8 Å². The summed E-state index contributed by atoms with van der Waals surface area (Å²) in [7, 11) is 1.62. The minimum atomic E-state index is -0.406. The number of thiocarbonyl (C=S) groups is 1. The molecular weight excluding hydrogens is 522 g/mol. The maximum Gasteiger partial charge on any atom is 0.409 e. The molecule has 11 heteroatoms. The first-order chi connectivity index (χ1) is 18.2. The van der Waals surface area contributed by atoms with Gasteiger partial charge < -0.3 is 14.5 Å². The molecule has 0 bridgehead atoms. The van der Waals surface area contributed by atoms with E-state index in [0.717, 1.165) is 11.1 Å². The van der Waals surface area contributed by atoms with Crippen LogP contribution in [0.15, 0.2) is 34.0 Å². The van der Waals surface area contributed by atoms with E-state index in [1.54, 1.807) is 36.8 Å². The fourth-order valence-electron chi connectivity index (χ4n) is 4.55. The van der Waals surface area contributed by atoms with E-state index < -0.39 is 5.56 Å². The summed E-state index contributed by atoms with van der Waals surface area (Å²) in [6, 6.07) is 9.96. The van der Waals surface area contributed by atoms with Crippen LogP contribution >= 0.6 is 24.0 Å². The number of nitriles is 1. The van der Waals surface area contributed by atoms with Gasteiger partial charge in [0.1, 0.15) is 21.8 Å². The Morgan fingerprint density at radius 2 is 1.82 bits per heavy atom. The Bertz CT molecular complexity index is 1420. The maximum absolute atomic E-state index is 13.4. The van der Waals surface area contributed by atoms with Crippen LogP contribution in [-0.2, 0) is 23.1 Å². The molecule has 4 rings (SSSR count). The van der Waals surface area contributed by atoms with Gasteiger partial charge in [-0.3, -0.25) is 19.1 Å². The van der Waals surface area contributed by atoms with Crippen molar-refractivity contribution in [2.75, 3.05) is 37.7 Å². The van der Waals surface area contributed by atoms with Gasteiger partial charge in [-0.2, -0.15) is 5.26 Å². The average Bonchev–Trinajstić information content (AvgIpc) is 3.16. The van der Waals surface area contributed by atoms with Crippen molar-refractivity contribution in [1.29, 1.82) is 5.26 Å². The first-order valence-electron chi connectivity index (χ1n) is 12.3. The van der Waals surface area contributed by atoms with Gasteiger partial charge in [-0.05, 0) is 38.0 Å². The Morgan fingerprint density at radius 3 is 2.42 bits per heavy atom. The zero-order valence-corrected chi connectivity index (χ0v) is 23.4. The predicted molar refractivity (Wildman–Crippen MR) is 152 cm³/mol. The molecule has 0 N–H and O–H groups in total. The molecule has 2 aliphatic heterocycles. The van der Waals surface area contributed by atoms with Gasteiger partial charge in [0.25, 0.3) is 11.5 Å². The second-order valence-electron chi connectivity index (χ2n) is 9.14. The number of carbonyl (C=O) groups is 2. The van der Waals surface area contributed by atoms with Crippen LogP contribution in [0.1, 0.15) is 34.7 Å². The number of piperazine rings is 1. The van der Waals surface area contributed by atoms with Crippen molar-refractivity contribution in [2.24, 2.45) is 7.05 Å². The molecule has 2 aliphatic rings. The molecule has 2 saturated heterocycles. The molecule has 2 fully saturated rings. The lowest BCUT2D eigenvalue weighted by molar-refractivity contribution is -0.122. The van der Waals surface area contributed by atoms with Crippen molar-refractivity contribution < 1.29 is 14.3 Å². The quantitative estimate of drug-likeness (QED) is 0.411. The Hall–Kier alpha value is -3.62. The molecule has 9 nitrogen and oxygen atoms in total. The number of anilines is 1. The second kappa shape index (κ2) is 11.4. The van der Waals surface area contributed by atoms with Crippen LogP contribution in [0.5, 0.6) is 0 Å². The Balaban J connectivity index is 1.69. The van der Waals surface area contributed by atoms with E-state index in [1.165, 1.54) is 16.3 Å². The molecule has 2 amide bonds. The molecule has 0 aliphatic carbocycles. The van der Waals surface area contributed by atoms with Gasteiger partial charge in [0.2, 0.25) is 0 Å². The van der Waals surface area contributed by atoms with Gasteiger partial charge >= 0.3 is 6.09 Å². The van der Waals surface area contributed by atoms with E-state index in [1.807, 2.05) is 42.2 Å². The normalized spacial score (nSPS) is 16.8. The lowest BCUT2D eigenvalue weighted by Gasteiger charge is -2.37. The molecule has 3 heterocycles. The van der Waals surface area contributed by atoms with Crippen LogP contribution in [0.4, 0.5) is 10.6 Å². The van der Waals surface area contributed by atoms with Gasteiger partial charge in [-0.25, -0.2) is 4.79 Å². The van der Waals surface area contributed by atoms with Crippen LogP contribution in [-0.4, -0.2) is 63.5 Å². The van der Waals surface area contributed by atoms with E-state index >= 15 is 0 Å². The smallest absolute Gasteiger partial charge is 0.409 e. The molecule has 0 unspecified atom stereocenters. The molecule has 38 heavy (non-hydrogen) atoms. The molecular formula is C27H29N5O4S2. The second-order valence-corrected chi connectivity index (χ2v) is 10.8. The lowest BCUT2D eigenvalue weighted by atomic mass is 10.0. The van der Waals surface area contributed by atoms with Crippen LogP contribution in [0.3, 0.4) is 0 Å². The van der Waals surface area contributed by atoms with Gasteiger partial charge in [0.05, 0.1) is 18.1 Å². The van der Waals surface area contributed by atoms with Crippen molar-refractivity contribution in [1.82, 2.24) is 14.4 Å². The van der Waals surface area contributed by atoms with Gasteiger partial charge in [0, 0.05) is 38.8 Å². The zero-order valence-electron chi connectivity index (χ0n) is 21.8. The largest absolute Gasteiger partial charge is 0.450 e. The standard InChI is InChI=1S/C27H29N5O4S2/c1-5-36-26(35)31-12-10-30(11-13-31)23-20(18(3)21(15-28)24(33)29(23)4)14-22-25(34)32(27(37)38-22)16-19-8-6-17(2)7-9-19/h6-9,14H,5,10-13,16H2,1-4H3/b22-14-. The number of hydrogen-bond donors (Lipinski definition) is 0. The summed E-state index contributed by atoms with van der Waals surface area (Å²) in [5.41, 5.74) is 2.84. The number of benzene rings is 1. The average molecular weight is 552 g/mol. The van der Waals surface area contributed by atoms with Crippen molar-refractivity contribution >= 4 is 52.2 Å². The minimum absolute atomic E-state index is 0.0304. The topological polar surface area (TPSA) is 98.9 Å². The summed E-state index contributed by atoms with van der Waals surface area (Å²) >= 11 is 6.75. The summed E-state index contributed by atoms with van der Waals surface area (Å²) in [6.07, 6.45) is 1.37. The number of aromatic nitrogens is 1. The minimum Gasteiger partial charge on any atom is -0.450 e.